The summed E-state index contributed by atoms with van der Waals surface area (Å²) in [6.45, 7) is 15.1. The first-order valence-electron chi connectivity index (χ1n) is 29.4. The molecule has 20 atom stereocenters. The number of ether oxygens (including phenoxy) is 2. The number of aliphatic carboxylic acids is 2. The van der Waals surface area contributed by atoms with Crippen LogP contribution in [0, 0.1) is 105 Å². The lowest BCUT2D eigenvalue weighted by atomic mass is 9.44. The molecule has 398 valence electrons. The van der Waals surface area contributed by atoms with E-state index >= 15 is 0 Å². The van der Waals surface area contributed by atoms with Crippen molar-refractivity contribution in [1.29, 1.82) is 0 Å². The van der Waals surface area contributed by atoms with Crippen LogP contribution in [0.4, 0.5) is 0 Å². The highest BCUT2D eigenvalue weighted by atomic mass is 16.6. The fourth-order valence-corrected chi connectivity index (χ4v) is 20.2. The number of carbonyl (C=O) groups excluding carboxylic acids is 2. The summed E-state index contributed by atoms with van der Waals surface area (Å²) >= 11 is 0. The third kappa shape index (κ3) is 10.7. The Balaban J connectivity index is 0.765. The Morgan fingerprint density at radius 2 is 0.857 bits per heavy atom. The molecule has 0 amide bonds. The number of carbonyl (C=O) groups is 4. The van der Waals surface area contributed by atoms with Crippen LogP contribution in [0.25, 0.3) is 0 Å². The lowest BCUT2D eigenvalue weighted by Gasteiger charge is -2.61. The number of aliphatic hydroxyl groups excluding tert-OH is 2. The van der Waals surface area contributed by atoms with E-state index in [9.17, 15) is 39.6 Å². The van der Waals surface area contributed by atoms with Gasteiger partial charge in [-0.05, 0) is 247 Å². The van der Waals surface area contributed by atoms with Crippen molar-refractivity contribution in [3.63, 3.8) is 0 Å². The quantitative estimate of drug-likeness (QED) is 0.0642. The van der Waals surface area contributed by atoms with Crippen LogP contribution in [0.3, 0.4) is 0 Å². The van der Waals surface area contributed by atoms with Crippen molar-refractivity contribution in [2.75, 3.05) is 13.2 Å². The maximum Gasteiger partial charge on any atom is 0.306 e. The lowest BCUT2D eigenvalue weighted by Crippen LogP contribution is -2.54. The van der Waals surface area contributed by atoms with E-state index in [1.165, 1.54) is 77.0 Å². The number of rotatable bonds is 21. The minimum absolute atomic E-state index is 0.0791. The monoisotopic (exact) mass is 979 g/mol. The number of hydrogen-bond donors (Lipinski definition) is 4. The molecule has 0 aromatic rings. The van der Waals surface area contributed by atoms with E-state index in [1.807, 2.05) is 0 Å². The Hall–Kier alpha value is -2.20. The second-order valence-corrected chi connectivity index (χ2v) is 27.0. The maximum absolute atomic E-state index is 13.3. The van der Waals surface area contributed by atoms with Crippen LogP contribution >= 0.6 is 0 Å². The highest BCUT2D eigenvalue weighted by molar-refractivity contribution is 5.77. The standard InChI is InChI=1S/C60H98O10/c1-37(33-39(55(65)66)11-7-9-31-61)47-17-19-49-45-15-13-41-35-43(23-27-57(41,3)51(45)25-29-59(47,49)5)69-53(63)21-22-54(64)70-44-24-28-58(4)42(36-44)14-16-46-50-20-18-48(60(50,6)30-26-52(46)58)38(2)34-40(56(67)68)12-8-10-32-62/h37-52,61-62H,7-36H2,1-6H3,(H,65,66)(H,67,68)/t37?,38?,39?,40?,41?,42?,43?,44?,45?,46?,47?,48?,49?,50?,51?,52?,57-,58+,59+,60-. The summed E-state index contributed by atoms with van der Waals surface area (Å²) in [6.07, 6.45) is 26.2. The van der Waals surface area contributed by atoms with Crippen LogP contribution in [0.5, 0.6) is 0 Å². The summed E-state index contributed by atoms with van der Waals surface area (Å²) in [5.41, 5.74) is 1.04. The average molecular weight is 979 g/mol. The van der Waals surface area contributed by atoms with Gasteiger partial charge in [-0.25, -0.2) is 0 Å². The van der Waals surface area contributed by atoms with Crippen molar-refractivity contribution in [3.05, 3.63) is 0 Å². The Bertz CT molecular complexity index is 1690. The number of aliphatic hydroxyl groups is 2. The molecule has 70 heavy (non-hydrogen) atoms. The Kier molecular flexibility index (Phi) is 17.3. The summed E-state index contributed by atoms with van der Waals surface area (Å²) in [6, 6.07) is 0. The predicted molar refractivity (Wildman–Crippen MR) is 271 cm³/mol. The zero-order chi connectivity index (χ0) is 50.2. The number of carboxylic acid groups (broad SMARTS) is 2. The molecule has 0 heterocycles. The SMILES string of the molecule is CC(CC(CCCCO)C(=O)O)C1CCC2C3CCC4CC(OC(=O)CCC(=O)OC5CC[C@@]6(C)C(CCC7C8CCC(C(C)CC(CCCCO)C(=O)O)[C@@]8(C)CCC76)C5)CC[C@@]4(C)C3CC[C@@]12C. The Morgan fingerprint density at radius 1 is 0.486 bits per heavy atom. The predicted octanol–water partition coefficient (Wildman–Crippen LogP) is 12.7. The topological polar surface area (TPSA) is 168 Å². The van der Waals surface area contributed by atoms with Gasteiger partial charge in [-0.15, -0.1) is 0 Å². The molecule has 10 nitrogen and oxygen atoms in total. The van der Waals surface area contributed by atoms with Crippen molar-refractivity contribution in [1.82, 2.24) is 0 Å². The van der Waals surface area contributed by atoms with Crippen LogP contribution in [-0.2, 0) is 28.7 Å². The van der Waals surface area contributed by atoms with Crippen LogP contribution in [0.15, 0.2) is 0 Å². The van der Waals surface area contributed by atoms with Gasteiger partial charge in [0.05, 0.1) is 24.7 Å². The molecule has 0 radical (unpaired) electrons. The van der Waals surface area contributed by atoms with Crippen LogP contribution in [0.2, 0.25) is 0 Å². The van der Waals surface area contributed by atoms with Gasteiger partial charge in [0.25, 0.3) is 0 Å². The summed E-state index contributed by atoms with van der Waals surface area (Å²) in [5.74, 6) is 4.65. The smallest absolute Gasteiger partial charge is 0.306 e. The van der Waals surface area contributed by atoms with Gasteiger partial charge in [0.2, 0.25) is 0 Å². The third-order valence-corrected chi connectivity index (χ3v) is 23.8. The normalized spacial score (nSPS) is 42.6. The average Bonchev–Trinajstić information content (AvgIpc) is 3.87. The van der Waals surface area contributed by atoms with Gasteiger partial charge in [-0.3, -0.25) is 19.2 Å². The largest absolute Gasteiger partial charge is 0.481 e. The molecule has 4 N–H and O–H groups in total. The highest BCUT2D eigenvalue weighted by Crippen LogP contribution is 2.70. The maximum atomic E-state index is 13.3. The molecule has 8 saturated carbocycles. The lowest BCUT2D eigenvalue weighted by molar-refractivity contribution is -0.168. The third-order valence-electron chi connectivity index (χ3n) is 23.8. The first-order chi connectivity index (χ1) is 33.4. The molecule has 0 aromatic carbocycles. The minimum atomic E-state index is -0.680. The van der Waals surface area contributed by atoms with E-state index in [2.05, 4.69) is 41.5 Å². The van der Waals surface area contributed by atoms with Gasteiger partial charge in [0.15, 0.2) is 0 Å². The number of esters is 2. The molecular formula is C60H98O10. The van der Waals surface area contributed by atoms with E-state index < -0.39 is 11.9 Å². The summed E-state index contributed by atoms with van der Waals surface area (Å²) in [7, 11) is 0. The number of hydrogen-bond acceptors (Lipinski definition) is 8. The van der Waals surface area contributed by atoms with Gasteiger partial charge in [0.1, 0.15) is 12.2 Å². The molecule has 8 aliphatic carbocycles. The summed E-state index contributed by atoms with van der Waals surface area (Å²) in [5, 5.41) is 38.6. The Labute approximate surface area is 422 Å². The summed E-state index contributed by atoms with van der Waals surface area (Å²) in [4.78, 5) is 51.1. The van der Waals surface area contributed by atoms with Crippen LogP contribution in [0.1, 0.15) is 221 Å². The molecule has 8 rings (SSSR count). The van der Waals surface area contributed by atoms with E-state index in [4.69, 9.17) is 9.47 Å². The summed E-state index contributed by atoms with van der Waals surface area (Å²) < 4.78 is 12.3. The fourth-order valence-electron chi connectivity index (χ4n) is 20.2. The van der Waals surface area contributed by atoms with E-state index in [0.29, 0.717) is 84.9 Å². The van der Waals surface area contributed by atoms with E-state index in [-0.39, 0.29) is 83.7 Å². The van der Waals surface area contributed by atoms with Gasteiger partial charge in [-0.2, -0.15) is 0 Å². The van der Waals surface area contributed by atoms with Crippen molar-refractivity contribution in [3.8, 4) is 0 Å². The molecule has 0 aromatic heterocycles. The molecule has 8 aliphatic rings. The number of fused-ring (bicyclic) bond motifs is 10. The van der Waals surface area contributed by atoms with Gasteiger partial charge < -0.3 is 29.9 Å². The van der Waals surface area contributed by atoms with Crippen LogP contribution in [-0.4, -0.2) is 69.7 Å². The van der Waals surface area contributed by atoms with Crippen molar-refractivity contribution in [2.24, 2.45) is 105 Å². The fraction of sp³-hybridized carbons (Fsp3) is 0.933. The number of unbranched alkanes of at least 4 members (excludes halogenated alkanes) is 2. The van der Waals surface area contributed by atoms with E-state index in [1.54, 1.807) is 0 Å². The Morgan fingerprint density at radius 3 is 1.23 bits per heavy atom. The van der Waals surface area contributed by atoms with Crippen LogP contribution < -0.4 is 0 Å². The second kappa shape index (κ2) is 22.3. The minimum Gasteiger partial charge on any atom is -0.481 e. The van der Waals surface area contributed by atoms with Gasteiger partial charge in [0, 0.05) is 13.2 Å². The molecule has 0 spiro atoms. The van der Waals surface area contributed by atoms with Crippen molar-refractivity contribution in [2.45, 2.75) is 234 Å². The van der Waals surface area contributed by atoms with E-state index in [0.717, 1.165) is 76.0 Å². The van der Waals surface area contributed by atoms with Gasteiger partial charge in [-0.1, -0.05) is 54.4 Å². The zero-order valence-corrected chi connectivity index (χ0v) is 44.7. The molecule has 0 aliphatic heterocycles. The highest BCUT2D eigenvalue weighted by Gasteiger charge is 2.63. The van der Waals surface area contributed by atoms with Crippen molar-refractivity contribution < 1.29 is 49.1 Å². The zero-order valence-electron chi connectivity index (χ0n) is 44.7. The molecular weight excluding hydrogens is 881 g/mol. The second-order valence-electron chi connectivity index (χ2n) is 27.0. The molecule has 8 fully saturated rings. The first-order valence-corrected chi connectivity index (χ1v) is 29.4. The van der Waals surface area contributed by atoms with Gasteiger partial charge >= 0.3 is 23.9 Å². The first kappa shape index (κ1) is 54.1. The molecule has 16 unspecified atom stereocenters. The molecule has 10 heteroatoms. The van der Waals surface area contributed by atoms with Crippen molar-refractivity contribution >= 4 is 23.9 Å². The molecule has 0 saturated heterocycles. The molecule has 0 bridgehead atoms. The number of carboxylic acids is 2.